The van der Waals surface area contributed by atoms with Crippen LogP contribution in [0.2, 0.25) is 0 Å². The fourth-order valence-corrected chi connectivity index (χ4v) is 9.41. The quantitative estimate of drug-likeness (QED) is 0.0261. The molecule has 0 fully saturated rings. The van der Waals surface area contributed by atoms with E-state index in [1.807, 2.05) is 0 Å². The topological polar surface area (TPSA) is 78.9 Å². The van der Waals surface area contributed by atoms with E-state index < -0.39 is 6.10 Å². The lowest BCUT2D eigenvalue weighted by Gasteiger charge is -2.18. The average Bonchev–Trinajstić information content (AvgIpc) is 3.46. The van der Waals surface area contributed by atoms with Gasteiger partial charge in [-0.2, -0.15) is 0 Å². The lowest BCUT2D eigenvalue weighted by molar-refractivity contribution is -0.167. The molecule has 458 valence electrons. The Morgan fingerprint density at radius 3 is 0.800 bits per heavy atom. The molecule has 0 saturated heterocycles. The molecule has 0 aliphatic heterocycles. The maximum atomic E-state index is 12.9. The predicted octanol–water partition coefficient (Wildman–Crippen LogP) is 23.4. The number of esters is 3. The zero-order chi connectivity index (χ0) is 57.8. The summed E-state index contributed by atoms with van der Waals surface area (Å²) in [5.41, 5.74) is 0. The van der Waals surface area contributed by atoms with Gasteiger partial charge in [-0.3, -0.25) is 14.4 Å². The van der Waals surface area contributed by atoms with Crippen molar-refractivity contribution in [3.63, 3.8) is 0 Å². The molecule has 0 aliphatic carbocycles. The standard InChI is InChI=1S/C74H126O6/c1-4-7-10-13-16-19-22-25-28-31-33-34-35-36-37-38-39-40-41-44-46-49-52-55-58-61-64-67-73(76)79-70-71(69-78-72(75)66-63-60-57-54-51-48-45-42-30-27-24-21-18-15-12-9-6-3)80-74(77)68-65-62-59-56-53-50-47-43-32-29-26-23-20-17-14-11-8-5-2/h7,10,16,18-19,21,25,27-30,32-34,36-37,39-40,71H,4-6,8-9,11-15,17,20,22-24,26,31,35,38,41-70H2,1-3H3/b10-7-,19-16-,21-18-,28-25-,30-27-,32-29-,34-33-,37-36-,40-39-. The summed E-state index contributed by atoms with van der Waals surface area (Å²) < 4.78 is 17.0. The van der Waals surface area contributed by atoms with Crippen LogP contribution in [0.1, 0.15) is 323 Å². The van der Waals surface area contributed by atoms with Crippen molar-refractivity contribution in [2.24, 2.45) is 0 Å². The Morgan fingerprint density at radius 2 is 0.487 bits per heavy atom. The molecule has 0 rings (SSSR count). The molecule has 0 aromatic rings. The van der Waals surface area contributed by atoms with Crippen LogP contribution in [0.15, 0.2) is 109 Å². The summed E-state index contributed by atoms with van der Waals surface area (Å²) in [6.07, 6.45) is 92.3. The first-order chi connectivity index (χ1) is 39.5. The summed E-state index contributed by atoms with van der Waals surface area (Å²) in [5, 5.41) is 0. The second-order valence-electron chi connectivity index (χ2n) is 22.3. The third-order valence-electron chi connectivity index (χ3n) is 14.5. The van der Waals surface area contributed by atoms with Gasteiger partial charge in [0.15, 0.2) is 6.10 Å². The average molecular weight is 1110 g/mol. The SMILES string of the molecule is CC/C=C\C/C=C\C/C=C\C/C=C\C/C=C\C/C=C\CCCCCCCCCCC(=O)OCC(COC(=O)CCCCCCCCC/C=C\C/C=C\CCCCC)OC(=O)CCCCCCCCC/C=C\CCCCCCCCC. The zero-order valence-corrected chi connectivity index (χ0v) is 52.6. The van der Waals surface area contributed by atoms with Crippen LogP contribution < -0.4 is 0 Å². The molecule has 0 heterocycles. The van der Waals surface area contributed by atoms with Crippen molar-refractivity contribution in [1.82, 2.24) is 0 Å². The normalized spacial score (nSPS) is 12.8. The Balaban J connectivity index is 4.38. The molecule has 6 nitrogen and oxygen atoms in total. The molecule has 0 aromatic carbocycles. The van der Waals surface area contributed by atoms with Crippen molar-refractivity contribution >= 4 is 17.9 Å². The molecule has 80 heavy (non-hydrogen) atoms. The number of rotatable bonds is 61. The van der Waals surface area contributed by atoms with Gasteiger partial charge in [-0.25, -0.2) is 0 Å². The van der Waals surface area contributed by atoms with Gasteiger partial charge in [0.1, 0.15) is 13.2 Å². The molecule has 0 aliphatic rings. The first-order valence-corrected chi connectivity index (χ1v) is 33.9. The third-order valence-corrected chi connectivity index (χ3v) is 14.5. The fraction of sp³-hybridized carbons (Fsp3) is 0.716. The second kappa shape index (κ2) is 67.6. The summed E-state index contributed by atoms with van der Waals surface area (Å²) in [5.74, 6) is -0.895. The highest BCUT2D eigenvalue weighted by Crippen LogP contribution is 2.16. The molecule has 0 radical (unpaired) electrons. The molecular formula is C74H126O6. The van der Waals surface area contributed by atoms with E-state index in [0.29, 0.717) is 19.3 Å². The van der Waals surface area contributed by atoms with Gasteiger partial charge >= 0.3 is 17.9 Å². The predicted molar refractivity (Wildman–Crippen MR) is 348 cm³/mol. The van der Waals surface area contributed by atoms with Gasteiger partial charge in [-0.1, -0.05) is 284 Å². The molecule has 0 bridgehead atoms. The van der Waals surface area contributed by atoms with Crippen molar-refractivity contribution in [3.05, 3.63) is 109 Å². The third kappa shape index (κ3) is 64.9. The minimum absolute atomic E-state index is 0.0861. The van der Waals surface area contributed by atoms with Crippen LogP contribution in [0.3, 0.4) is 0 Å². The monoisotopic (exact) mass is 1110 g/mol. The molecular weight excluding hydrogens is 985 g/mol. The molecule has 0 amide bonds. The lowest BCUT2D eigenvalue weighted by Crippen LogP contribution is -2.30. The fourth-order valence-electron chi connectivity index (χ4n) is 9.41. The number of ether oxygens (including phenoxy) is 3. The Morgan fingerprint density at radius 1 is 0.263 bits per heavy atom. The van der Waals surface area contributed by atoms with Gasteiger partial charge < -0.3 is 14.2 Å². The maximum Gasteiger partial charge on any atom is 0.306 e. The second-order valence-corrected chi connectivity index (χ2v) is 22.3. The summed E-state index contributed by atoms with van der Waals surface area (Å²) in [6, 6.07) is 0. The van der Waals surface area contributed by atoms with Crippen LogP contribution >= 0.6 is 0 Å². The highest BCUT2D eigenvalue weighted by Gasteiger charge is 2.19. The van der Waals surface area contributed by atoms with Crippen LogP contribution in [0.25, 0.3) is 0 Å². The van der Waals surface area contributed by atoms with Gasteiger partial charge in [0, 0.05) is 19.3 Å². The van der Waals surface area contributed by atoms with Crippen LogP contribution in [0.4, 0.5) is 0 Å². The molecule has 1 unspecified atom stereocenters. The number of hydrogen-bond donors (Lipinski definition) is 0. The molecule has 0 saturated carbocycles. The maximum absolute atomic E-state index is 12.9. The van der Waals surface area contributed by atoms with E-state index in [1.165, 1.54) is 167 Å². The number of carbonyl (C=O) groups is 3. The molecule has 0 spiro atoms. The molecule has 0 N–H and O–H groups in total. The summed E-state index contributed by atoms with van der Waals surface area (Å²) >= 11 is 0. The highest BCUT2D eigenvalue weighted by molar-refractivity contribution is 5.71. The number of carbonyl (C=O) groups excluding carboxylic acids is 3. The van der Waals surface area contributed by atoms with Crippen molar-refractivity contribution in [3.8, 4) is 0 Å². The van der Waals surface area contributed by atoms with E-state index in [1.54, 1.807) is 0 Å². The van der Waals surface area contributed by atoms with E-state index in [0.717, 1.165) is 116 Å². The van der Waals surface area contributed by atoms with E-state index in [9.17, 15) is 14.4 Å². The summed E-state index contributed by atoms with van der Waals surface area (Å²) in [4.78, 5) is 38.4. The Hall–Kier alpha value is -3.93. The van der Waals surface area contributed by atoms with Crippen LogP contribution in [0, 0.1) is 0 Å². The van der Waals surface area contributed by atoms with Crippen LogP contribution in [-0.2, 0) is 28.6 Å². The Bertz CT molecular complexity index is 1610. The number of unbranched alkanes of at least 4 members (excludes halogenated alkanes) is 32. The number of allylic oxidation sites excluding steroid dienone is 18. The first kappa shape index (κ1) is 76.1. The van der Waals surface area contributed by atoms with Crippen molar-refractivity contribution < 1.29 is 28.6 Å². The minimum atomic E-state index is -0.791. The van der Waals surface area contributed by atoms with Crippen LogP contribution in [0.5, 0.6) is 0 Å². The first-order valence-electron chi connectivity index (χ1n) is 33.9. The van der Waals surface area contributed by atoms with Gasteiger partial charge in [0.25, 0.3) is 0 Å². The van der Waals surface area contributed by atoms with E-state index >= 15 is 0 Å². The van der Waals surface area contributed by atoms with E-state index in [-0.39, 0.29) is 31.1 Å². The lowest BCUT2D eigenvalue weighted by atomic mass is 10.1. The van der Waals surface area contributed by atoms with Gasteiger partial charge in [-0.15, -0.1) is 0 Å². The van der Waals surface area contributed by atoms with Crippen molar-refractivity contribution in [1.29, 1.82) is 0 Å². The molecule has 0 aromatic heterocycles. The summed E-state index contributed by atoms with van der Waals surface area (Å²) in [6.45, 7) is 6.51. The minimum Gasteiger partial charge on any atom is -0.462 e. The van der Waals surface area contributed by atoms with Crippen molar-refractivity contribution in [2.75, 3.05) is 13.2 Å². The van der Waals surface area contributed by atoms with Crippen molar-refractivity contribution in [2.45, 2.75) is 329 Å². The number of hydrogen-bond acceptors (Lipinski definition) is 6. The molecule has 6 heteroatoms. The van der Waals surface area contributed by atoms with E-state index in [2.05, 4.69) is 130 Å². The largest absolute Gasteiger partial charge is 0.462 e. The highest BCUT2D eigenvalue weighted by atomic mass is 16.6. The van der Waals surface area contributed by atoms with Gasteiger partial charge in [0.2, 0.25) is 0 Å². The smallest absolute Gasteiger partial charge is 0.306 e. The summed E-state index contributed by atoms with van der Waals surface area (Å²) in [7, 11) is 0. The van der Waals surface area contributed by atoms with Crippen LogP contribution in [-0.4, -0.2) is 37.2 Å². The zero-order valence-electron chi connectivity index (χ0n) is 52.6. The van der Waals surface area contributed by atoms with Gasteiger partial charge in [-0.05, 0) is 128 Å². The Labute approximate surface area is 495 Å². The Kier molecular flexibility index (Phi) is 64.3. The van der Waals surface area contributed by atoms with Gasteiger partial charge in [0.05, 0.1) is 0 Å². The van der Waals surface area contributed by atoms with E-state index in [4.69, 9.17) is 14.2 Å². The molecule has 1 atom stereocenters.